The summed E-state index contributed by atoms with van der Waals surface area (Å²) in [6.45, 7) is 4.69. The summed E-state index contributed by atoms with van der Waals surface area (Å²) in [6, 6.07) is 35.6. The maximum atomic E-state index is 3.69. The minimum absolute atomic E-state index is 0.0279. The van der Waals surface area contributed by atoms with Gasteiger partial charge in [-0.3, -0.25) is 0 Å². The van der Waals surface area contributed by atoms with Gasteiger partial charge in [0.25, 0.3) is 0 Å². The summed E-state index contributed by atoms with van der Waals surface area (Å²) in [5.41, 5.74) is 7.80. The molecule has 1 aliphatic rings. The zero-order valence-electron chi connectivity index (χ0n) is 18.6. The molecular formula is C31H23NS. The molecule has 5 aromatic carbocycles. The molecule has 0 amide bonds. The first-order chi connectivity index (χ1) is 16.1. The lowest BCUT2D eigenvalue weighted by Crippen LogP contribution is -2.15. The van der Waals surface area contributed by atoms with Gasteiger partial charge in [0.05, 0.1) is 0 Å². The van der Waals surface area contributed by atoms with Gasteiger partial charge in [-0.05, 0) is 69.4 Å². The Bertz CT molecular complexity index is 1720. The zero-order chi connectivity index (χ0) is 22.2. The van der Waals surface area contributed by atoms with Crippen molar-refractivity contribution in [3.05, 3.63) is 108 Å². The van der Waals surface area contributed by atoms with Crippen molar-refractivity contribution in [3.8, 4) is 11.1 Å². The van der Waals surface area contributed by atoms with Gasteiger partial charge >= 0.3 is 0 Å². The molecule has 6 aromatic rings. The molecule has 158 valence electrons. The first kappa shape index (κ1) is 18.9. The van der Waals surface area contributed by atoms with Crippen LogP contribution in [0.3, 0.4) is 0 Å². The lowest BCUT2D eigenvalue weighted by Gasteiger charge is -2.22. The summed E-state index contributed by atoms with van der Waals surface area (Å²) in [4.78, 5) is 0. The van der Waals surface area contributed by atoms with Gasteiger partial charge in [-0.15, -0.1) is 11.3 Å². The lowest BCUT2D eigenvalue weighted by atomic mass is 9.82. The maximum Gasteiger partial charge on any atom is 0.0391 e. The standard InChI is InChI=1S/C31H23NS/c1-31(2)26-15-11-19-7-3-4-8-22(19)30(26)24-14-12-21(18-27(24)31)32-20-13-16-29-25(17-20)23-9-5-6-10-28(23)33-29/h3-18,32H,1-2H3. The molecule has 0 aliphatic heterocycles. The van der Waals surface area contributed by atoms with E-state index in [-0.39, 0.29) is 5.41 Å². The van der Waals surface area contributed by atoms with E-state index >= 15 is 0 Å². The van der Waals surface area contributed by atoms with Crippen LogP contribution in [0.2, 0.25) is 0 Å². The second-order valence-corrected chi connectivity index (χ2v) is 10.6. The second-order valence-electron chi connectivity index (χ2n) is 9.53. The van der Waals surface area contributed by atoms with E-state index in [9.17, 15) is 0 Å². The van der Waals surface area contributed by atoms with Gasteiger partial charge in [-0.2, -0.15) is 0 Å². The average Bonchev–Trinajstić information content (AvgIpc) is 3.31. The van der Waals surface area contributed by atoms with Crippen molar-refractivity contribution >= 4 is 53.7 Å². The van der Waals surface area contributed by atoms with Crippen molar-refractivity contribution in [3.63, 3.8) is 0 Å². The summed E-state index contributed by atoms with van der Waals surface area (Å²) < 4.78 is 2.67. The topological polar surface area (TPSA) is 12.0 Å². The molecule has 0 radical (unpaired) electrons. The maximum absolute atomic E-state index is 3.69. The Morgan fingerprint density at radius 3 is 2.24 bits per heavy atom. The largest absolute Gasteiger partial charge is 0.355 e. The Morgan fingerprint density at radius 1 is 0.606 bits per heavy atom. The first-order valence-corrected chi connectivity index (χ1v) is 12.3. The second kappa shape index (κ2) is 6.69. The van der Waals surface area contributed by atoms with E-state index in [1.165, 1.54) is 53.2 Å². The molecule has 33 heavy (non-hydrogen) atoms. The monoisotopic (exact) mass is 441 g/mol. The number of thiophene rings is 1. The third-order valence-electron chi connectivity index (χ3n) is 7.23. The van der Waals surface area contributed by atoms with Crippen LogP contribution in [0.4, 0.5) is 11.4 Å². The van der Waals surface area contributed by atoms with Crippen molar-refractivity contribution in [2.45, 2.75) is 19.3 Å². The van der Waals surface area contributed by atoms with E-state index in [0.29, 0.717) is 0 Å². The molecular weight excluding hydrogens is 418 g/mol. The number of hydrogen-bond acceptors (Lipinski definition) is 2. The van der Waals surface area contributed by atoms with Crippen molar-refractivity contribution in [1.82, 2.24) is 0 Å². The fraction of sp³-hybridized carbons (Fsp3) is 0.0968. The zero-order valence-corrected chi connectivity index (χ0v) is 19.5. The molecule has 2 heteroatoms. The van der Waals surface area contributed by atoms with Crippen LogP contribution < -0.4 is 5.32 Å². The van der Waals surface area contributed by atoms with Gasteiger partial charge in [0, 0.05) is 37.0 Å². The third kappa shape index (κ3) is 2.71. The van der Waals surface area contributed by atoms with Crippen LogP contribution in [0, 0.1) is 0 Å². The Morgan fingerprint density at radius 2 is 1.33 bits per heavy atom. The number of benzene rings is 5. The third-order valence-corrected chi connectivity index (χ3v) is 8.38. The van der Waals surface area contributed by atoms with E-state index in [1.807, 2.05) is 11.3 Å². The van der Waals surface area contributed by atoms with E-state index in [2.05, 4.69) is 116 Å². The molecule has 0 bridgehead atoms. The summed E-state index contributed by atoms with van der Waals surface area (Å²) in [7, 11) is 0. The molecule has 1 N–H and O–H groups in total. The molecule has 0 saturated heterocycles. The lowest BCUT2D eigenvalue weighted by molar-refractivity contribution is 0.661. The van der Waals surface area contributed by atoms with Crippen molar-refractivity contribution in [1.29, 1.82) is 0 Å². The molecule has 0 fully saturated rings. The fourth-order valence-electron chi connectivity index (χ4n) is 5.56. The molecule has 1 aromatic heterocycles. The highest BCUT2D eigenvalue weighted by atomic mass is 32.1. The van der Waals surface area contributed by atoms with Crippen molar-refractivity contribution in [2.24, 2.45) is 0 Å². The highest BCUT2D eigenvalue weighted by Crippen LogP contribution is 2.52. The van der Waals surface area contributed by atoms with Crippen LogP contribution >= 0.6 is 11.3 Å². The van der Waals surface area contributed by atoms with E-state index in [1.54, 1.807) is 0 Å². The molecule has 1 heterocycles. The quantitative estimate of drug-likeness (QED) is 0.282. The molecule has 0 unspecified atom stereocenters. The number of hydrogen-bond donors (Lipinski definition) is 1. The molecule has 0 atom stereocenters. The molecule has 0 spiro atoms. The SMILES string of the molecule is CC1(C)c2cc(Nc3ccc4sc5ccccc5c4c3)ccc2-c2c1ccc1ccccc21. The number of anilines is 2. The van der Waals surface area contributed by atoms with E-state index in [0.717, 1.165) is 11.4 Å². The van der Waals surface area contributed by atoms with Crippen LogP contribution in [-0.2, 0) is 5.41 Å². The fourth-order valence-corrected chi connectivity index (χ4v) is 6.64. The summed E-state index contributed by atoms with van der Waals surface area (Å²) in [6.07, 6.45) is 0. The van der Waals surface area contributed by atoms with Crippen LogP contribution in [0.5, 0.6) is 0 Å². The summed E-state index contributed by atoms with van der Waals surface area (Å²) >= 11 is 1.86. The van der Waals surface area contributed by atoms with Crippen molar-refractivity contribution < 1.29 is 0 Å². The minimum atomic E-state index is -0.0279. The van der Waals surface area contributed by atoms with Gasteiger partial charge in [0.1, 0.15) is 0 Å². The number of rotatable bonds is 2. The van der Waals surface area contributed by atoms with Gasteiger partial charge in [-0.25, -0.2) is 0 Å². The predicted octanol–water partition coefficient (Wildman–Crippen LogP) is 9.26. The first-order valence-electron chi connectivity index (χ1n) is 11.4. The summed E-state index contributed by atoms with van der Waals surface area (Å²) in [5.74, 6) is 0. The highest BCUT2D eigenvalue weighted by Gasteiger charge is 2.36. The van der Waals surface area contributed by atoms with Crippen molar-refractivity contribution in [2.75, 3.05) is 5.32 Å². The molecule has 0 saturated carbocycles. The Kier molecular flexibility index (Phi) is 3.83. The smallest absolute Gasteiger partial charge is 0.0391 e. The van der Waals surface area contributed by atoms with Gasteiger partial charge in [-0.1, -0.05) is 74.5 Å². The van der Waals surface area contributed by atoms with Gasteiger partial charge < -0.3 is 5.32 Å². The number of fused-ring (bicyclic) bond motifs is 8. The van der Waals surface area contributed by atoms with Crippen LogP contribution in [0.1, 0.15) is 25.0 Å². The van der Waals surface area contributed by atoms with Crippen LogP contribution in [-0.4, -0.2) is 0 Å². The predicted molar refractivity (Wildman–Crippen MR) is 144 cm³/mol. The van der Waals surface area contributed by atoms with E-state index < -0.39 is 0 Å². The Labute approximate surface area is 197 Å². The van der Waals surface area contributed by atoms with Crippen LogP contribution in [0.15, 0.2) is 97.1 Å². The Hall–Kier alpha value is -3.62. The number of nitrogens with one attached hydrogen (secondary N) is 1. The molecule has 1 aliphatic carbocycles. The van der Waals surface area contributed by atoms with Gasteiger partial charge in [0.2, 0.25) is 0 Å². The normalized spacial score (nSPS) is 14.0. The summed E-state index contributed by atoms with van der Waals surface area (Å²) in [5, 5.41) is 8.99. The Balaban J connectivity index is 1.33. The highest BCUT2D eigenvalue weighted by molar-refractivity contribution is 7.25. The average molecular weight is 442 g/mol. The molecule has 1 nitrogen and oxygen atoms in total. The van der Waals surface area contributed by atoms with Crippen LogP contribution in [0.25, 0.3) is 42.1 Å². The minimum Gasteiger partial charge on any atom is -0.355 e. The van der Waals surface area contributed by atoms with Gasteiger partial charge in [0.15, 0.2) is 0 Å². The van der Waals surface area contributed by atoms with E-state index in [4.69, 9.17) is 0 Å². The molecule has 7 rings (SSSR count).